The van der Waals surface area contributed by atoms with Gasteiger partial charge in [0.05, 0.1) is 17.3 Å². The van der Waals surface area contributed by atoms with E-state index in [-0.39, 0.29) is 0 Å². The van der Waals surface area contributed by atoms with Gasteiger partial charge >= 0.3 is 0 Å². The number of nitrogens with zero attached hydrogens (tertiary/aromatic N) is 1. The third-order valence-electron chi connectivity index (χ3n) is 2.16. The van der Waals surface area contributed by atoms with Crippen molar-refractivity contribution in [3.63, 3.8) is 0 Å². The van der Waals surface area contributed by atoms with Gasteiger partial charge in [-0.1, -0.05) is 12.1 Å². The highest BCUT2D eigenvalue weighted by Crippen LogP contribution is 2.20. The van der Waals surface area contributed by atoms with Gasteiger partial charge in [-0.25, -0.2) is 0 Å². The lowest BCUT2D eigenvalue weighted by atomic mass is 10.1. The fourth-order valence-electron chi connectivity index (χ4n) is 1.41. The lowest BCUT2D eigenvalue weighted by Crippen LogP contribution is -1.77. The van der Waals surface area contributed by atoms with Gasteiger partial charge in [0.25, 0.3) is 0 Å². The molecule has 0 aliphatic carbocycles. The molecule has 72 valence electrons. The van der Waals surface area contributed by atoms with Crippen LogP contribution in [0.2, 0.25) is 0 Å². The van der Waals surface area contributed by atoms with Crippen molar-refractivity contribution >= 4 is 6.29 Å². The molecule has 0 spiro atoms. The first-order chi connectivity index (χ1) is 7.33. The smallest absolute Gasteiger partial charge is 0.166 e. The SMILES string of the molecule is N#Cc1cccc(-c2c[nH]c(C=O)c2)c1. The lowest BCUT2D eigenvalue weighted by Gasteiger charge is -1.96. The third-order valence-corrected chi connectivity index (χ3v) is 2.16. The number of H-pyrrole nitrogens is 1. The molecule has 0 bridgehead atoms. The summed E-state index contributed by atoms with van der Waals surface area (Å²) in [5, 5.41) is 8.75. The number of aromatic amines is 1. The Morgan fingerprint density at radius 1 is 1.27 bits per heavy atom. The maximum Gasteiger partial charge on any atom is 0.166 e. The summed E-state index contributed by atoms with van der Waals surface area (Å²) in [6.45, 7) is 0. The molecule has 15 heavy (non-hydrogen) atoms. The zero-order valence-corrected chi connectivity index (χ0v) is 7.90. The van der Waals surface area contributed by atoms with Crippen molar-refractivity contribution in [3.05, 3.63) is 47.8 Å². The number of aldehydes is 1. The minimum absolute atomic E-state index is 0.535. The van der Waals surface area contributed by atoms with E-state index >= 15 is 0 Å². The van der Waals surface area contributed by atoms with Crippen LogP contribution >= 0.6 is 0 Å². The normalized spacial score (nSPS) is 9.53. The predicted octanol–water partition coefficient (Wildman–Crippen LogP) is 2.37. The van der Waals surface area contributed by atoms with Gasteiger partial charge in [0.15, 0.2) is 6.29 Å². The minimum Gasteiger partial charge on any atom is -0.358 e. The minimum atomic E-state index is 0.535. The predicted molar refractivity (Wildman–Crippen MR) is 56.3 cm³/mol. The highest BCUT2D eigenvalue weighted by atomic mass is 16.1. The van der Waals surface area contributed by atoms with Gasteiger partial charge in [0, 0.05) is 6.20 Å². The Morgan fingerprint density at radius 2 is 2.13 bits per heavy atom. The van der Waals surface area contributed by atoms with Crippen molar-refractivity contribution < 1.29 is 4.79 Å². The van der Waals surface area contributed by atoms with Crippen LogP contribution < -0.4 is 0 Å². The first-order valence-corrected chi connectivity index (χ1v) is 4.47. The van der Waals surface area contributed by atoms with Gasteiger partial charge in [0.2, 0.25) is 0 Å². The topological polar surface area (TPSA) is 56.6 Å². The Morgan fingerprint density at radius 3 is 2.80 bits per heavy atom. The fourth-order valence-corrected chi connectivity index (χ4v) is 1.41. The molecule has 0 aliphatic rings. The molecule has 2 aromatic rings. The van der Waals surface area contributed by atoms with Crippen LogP contribution in [0.4, 0.5) is 0 Å². The van der Waals surface area contributed by atoms with Gasteiger partial charge in [-0.05, 0) is 29.3 Å². The van der Waals surface area contributed by atoms with Gasteiger partial charge in [-0.15, -0.1) is 0 Å². The molecule has 1 N–H and O–H groups in total. The number of carbonyl (C=O) groups is 1. The molecule has 1 heterocycles. The first-order valence-electron chi connectivity index (χ1n) is 4.47. The lowest BCUT2D eigenvalue weighted by molar-refractivity contribution is 0.111. The summed E-state index contributed by atoms with van der Waals surface area (Å²) < 4.78 is 0. The van der Waals surface area contributed by atoms with Crippen LogP contribution in [0.15, 0.2) is 36.5 Å². The summed E-state index contributed by atoms with van der Waals surface area (Å²) in [5.74, 6) is 0. The van der Waals surface area contributed by atoms with Crippen molar-refractivity contribution in [1.29, 1.82) is 5.26 Å². The summed E-state index contributed by atoms with van der Waals surface area (Å²) in [6.07, 6.45) is 2.51. The van der Waals surface area contributed by atoms with E-state index in [1.54, 1.807) is 24.4 Å². The molecule has 0 aliphatic heterocycles. The molecule has 0 radical (unpaired) electrons. The van der Waals surface area contributed by atoms with Crippen LogP contribution in [0.5, 0.6) is 0 Å². The molecule has 0 saturated carbocycles. The number of nitriles is 1. The Labute approximate surface area is 87.0 Å². The molecular formula is C12H8N2O. The molecule has 3 nitrogen and oxygen atoms in total. The monoisotopic (exact) mass is 196 g/mol. The van der Waals surface area contributed by atoms with Crippen LogP contribution in [0, 0.1) is 11.3 Å². The summed E-state index contributed by atoms with van der Waals surface area (Å²) >= 11 is 0. The van der Waals surface area contributed by atoms with E-state index in [4.69, 9.17) is 5.26 Å². The fraction of sp³-hybridized carbons (Fsp3) is 0. The molecule has 1 aromatic heterocycles. The second kappa shape index (κ2) is 3.81. The molecule has 0 fully saturated rings. The standard InChI is InChI=1S/C12H8N2O/c13-6-9-2-1-3-10(4-9)11-5-12(8-15)14-7-11/h1-5,7-8,14H. The Kier molecular flexibility index (Phi) is 2.34. The van der Waals surface area contributed by atoms with E-state index in [2.05, 4.69) is 11.1 Å². The van der Waals surface area contributed by atoms with E-state index in [1.807, 2.05) is 12.1 Å². The number of rotatable bonds is 2. The van der Waals surface area contributed by atoms with E-state index < -0.39 is 0 Å². The van der Waals surface area contributed by atoms with Crippen molar-refractivity contribution in [1.82, 2.24) is 4.98 Å². The molecule has 1 aromatic carbocycles. The van der Waals surface area contributed by atoms with E-state index in [9.17, 15) is 4.79 Å². The largest absolute Gasteiger partial charge is 0.358 e. The highest BCUT2D eigenvalue weighted by molar-refractivity contribution is 5.77. The van der Waals surface area contributed by atoms with Crippen LogP contribution in [0.25, 0.3) is 11.1 Å². The van der Waals surface area contributed by atoms with Gasteiger partial charge in [-0.2, -0.15) is 5.26 Å². The summed E-state index contributed by atoms with van der Waals surface area (Å²) in [5.41, 5.74) is 2.99. The molecule has 0 amide bonds. The summed E-state index contributed by atoms with van der Waals surface area (Å²) in [4.78, 5) is 13.3. The summed E-state index contributed by atoms with van der Waals surface area (Å²) in [7, 11) is 0. The molecule has 0 atom stereocenters. The number of hydrogen-bond donors (Lipinski definition) is 1. The van der Waals surface area contributed by atoms with E-state index in [0.717, 1.165) is 17.4 Å². The number of benzene rings is 1. The molecule has 0 saturated heterocycles. The maximum absolute atomic E-state index is 10.5. The van der Waals surface area contributed by atoms with Crippen LogP contribution in [0.1, 0.15) is 16.1 Å². The Hall–Kier alpha value is -2.34. The second-order valence-corrected chi connectivity index (χ2v) is 3.15. The van der Waals surface area contributed by atoms with Crippen molar-refractivity contribution in [3.8, 4) is 17.2 Å². The Bertz CT molecular complexity index is 535. The van der Waals surface area contributed by atoms with Crippen molar-refractivity contribution in [2.24, 2.45) is 0 Å². The highest BCUT2D eigenvalue weighted by Gasteiger charge is 2.01. The van der Waals surface area contributed by atoms with E-state index in [0.29, 0.717) is 11.3 Å². The maximum atomic E-state index is 10.5. The molecule has 2 rings (SSSR count). The van der Waals surface area contributed by atoms with Crippen LogP contribution in [-0.2, 0) is 0 Å². The van der Waals surface area contributed by atoms with Crippen LogP contribution in [-0.4, -0.2) is 11.3 Å². The zero-order valence-electron chi connectivity index (χ0n) is 7.90. The van der Waals surface area contributed by atoms with Crippen molar-refractivity contribution in [2.75, 3.05) is 0 Å². The zero-order chi connectivity index (χ0) is 10.7. The van der Waals surface area contributed by atoms with Gasteiger partial charge in [-0.3, -0.25) is 4.79 Å². The third kappa shape index (κ3) is 1.79. The average molecular weight is 196 g/mol. The van der Waals surface area contributed by atoms with Crippen LogP contribution in [0.3, 0.4) is 0 Å². The van der Waals surface area contributed by atoms with Crippen molar-refractivity contribution in [2.45, 2.75) is 0 Å². The molecular weight excluding hydrogens is 188 g/mol. The number of hydrogen-bond acceptors (Lipinski definition) is 2. The Balaban J connectivity index is 2.45. The van der Waals surface area contributed by atoms with E-state index in [1.165, 1.54) is 0 Å². The molecule has 3 heteroatoms. The quantitative estimate of drug-likeness (QED) is 0.749. The number of nitrogens with one attached hydrogen (secondary N) is 1. The average Bonchev–Trinajstić information content (AvgIpc) is 2.78. The second-order valence-electron chi connectivity index (χ2n) is 3.15. The number of carbonyl (C=O) groups excluding carboxylic acids is 1. The number of aromatic nitrogens is 1. The summed E-state index contributed by atoms with van der Waals surface area (Å²) in [6, 6.07) is 11.1. The van der Waals surface area contributed by atoms with Gasteiger partial charge in [0.1, 0.15) is 0 Å². The van der Waals surface area contributed by atoms with Gasteiger partial charge < -0.3 is 4.98 Å². The first kappa shape index (κ1) is 9.22. The molecule has 0 unspecified atom stereocenters.